The van der Waals surface area contributed by atoms with Crippen LogP contribution in [0.3, 0.4) is 0 Å². The molecular formula is C26H29N7. The average Bonchev–Trinajstić information content (AvgIpc) is 3.54. The molecule has 0 atom stereocenters. The minimum absolute atomic E-state index is 0.498. The summed E-state index contributed by atoms with van der Waals surface area (Å²) in [5.41, 5.74) is 4.35. The molecule has 1 fully saturated rings. The van der Waals surface area contributed by atoms with Gasteiger partial charge in [-0.15, -0.1) is 10.2 Å². The van der Waals surface area contributed by atoms with Gasteiger partial charge in [-0.25, -0.2) is 9.67 Å². The lowest BCUT2D eigenvalue weighted by molar-refractivity contribution is 0.426. The second kappa shape index (κ2) is 9.90. The number of nitrogens with one attached hydrogen (secondary N) is 1. The molecule has 7 nitrogen and oxygen atoms in total. The third-order valence-electron chi connectivity index (χ3n) is 6.30. The molecule has 168 valence electrons. The topological polar surface area (TPSA) is 85.2 Å². The number of allylic oxidation sites excluding steroid dienone is 1. The van der Waals surface area contributed by atoms with Crippen LogP contribution in [-0.4, -0.2) is 35.4 Å². The van der Waals surface area contributed by atoms with Crippen molar-refractivity contribution in [1.29, 1.82) is 0 Å². The van der Waals surface area contributed by atoms with Gasteiger partial charge in [-0.05, 0) is 47.2 Å². The Morgan fingerprint density at radius 2 is 1.79 bits per heavy atom. The number of aromatic nitrogens is 7. The highest BCUT2D eigenvalue weighted by atomic mass is 15.5. The van der Waals surface area contributed by atoms with Gasteiger partial charge in [-0.3, -0.25) is 0 Å². The quantitative estimate of drug-likeness (QED) is 0.402. The van der Waals surface area contributed by atoms with Crippen molar-refractivity contribution in [2.75, 3.05) is 0 Å². The first-order chi connectivity index (χ1) is 16.3. The van der Waals surface area contributed by atoms with Crippen LogP contribution in [0.5, 0.6) is 0 Å². The molecule has 4 aromatic rings. The standard InChI is InChI=1S/C26H29N7/c1-2-3-13-24-27-25(21-9-5-4-6-10-21)30-33(24)18-19-14-16-20(17-15-19)22-11-7-8-12-23(22)26-28-31-32-29-26/h3,7-8,11-17,21H,2,4-6,9-10,18H2,1H3,(H,28,29,31,32). The lowest BCUT2D eigenvalue weighted by atomic mass is 9.89. The van der Waals surface area contributed by atoms with E-state index in [0.29, 0.717) is 18.3 Å². The summed E-state index contributed by atoms with van der Waals surface area (Å²) >= 11 is 0. The zero-order chi connectivity index (χ0) is 22.5. The summed E-state index contributed by atoms with van der Waals surface area (Å²) in [5.74, 6) is 3.05. The van der Waals surface area contributed by atoms with Crippen LogP contribution < -0.4 is 0 Å². The van der Waals surface area contributed by atoms with Crippen molar-refractivity contribution in [2.24, 2.45) is 0 Å². The Hall–Kier alpha value is -3.61. The van der Waals surface area contributed by atoms with Crippen LogP contribution in [0.25, 0.3) is 28.6 Å². The number of tetrazole rings is 1. The molecular weight excluding hydrogens is 410 g/mol. The Bertz CT molecular complexity index is 1200. The molecule has 0 spiro atoms. The molecule has 0 saturated heterocycles. The van der Waals surface area contributed by atoms with Gasteiger partial charge in [0.2, 0.25) is 5.82 Å². The average molecular weight is 440 g/mol. The Labute approximate surface area is 194 Å². The molecule has 7 heteroatoms. The van der Waals surface area contributed by atoms with Crippen molar-refractivity contribution in [2.45, 2.75) is 57.9 Å². The van der Waals surface area contributed by atoms with Gasteiger partial charge in [0, 0.05) is 11.5 Å². The zero-order valence-corrected chi connectivity index (χ0v) is 19.0. The van der Waals surface area contributed by atoms with Gasteiger partial charge in [0.05, 0.1) is 6.54 Å². The van der Waals surface area contributed by atoms with Crippen molar-refractivity contribution in [3.05, 3.63) is 71.8 Å². The summed E-state index contributed by atoms with van der Waals surface area (Å²) in [4.78, 5) is 4.92. The normalized spacial score (nSPS) is 14.8. The fourth-order valence-corrected chi connectivity index (χ4v) is 4.54. The van der Waals surface area contributed by atoms with Crippen molar-refractivity contribution in [3.8, 4) is 22.5 Å². The highest BCUT2D eigenvalue weighted by molar-refractivity contribution is 5.80. The molecule has 5 rings (SSSR count). The molecule has 1 aliphatic rings. The lowest BCUT2D eigenvalue weighted by Crippen LogP contribution is -2.08. The fourth-order valence-electron chi connectivity index (χ4n) is 4.54. The number of aromatic amines is 1. The van der Waals surface area contributed by atoms with E-state index in [9.17, 15) is 0 Å². The molecule has 2 aromatic heterocycles. The molecule has 1 saturated carbocycles. The van der Waals surface area contributed by atoms with Gasteiger partial charge in [-0.2, -0.15) is 10.3 Å². The maximum Gasteiger partial charge on any atom is 0.205 e. The lowest BCUT2D eigenvalue weighted by Gasteiger charge is -2.18. The molecule has 0 aliphatic heterocycles. The van der Waals surface area contributed by atoms with Crippen molar-refractivity contribution < 1.29 is 0 Å². The first-order valence-electron chi connectivity index (χ1n) is 11.8. The molecule has 1 aliphatic carbocycles. The molecule has 1 N–H and O–H groups in total. The molecule has 2 aromatic carbocycles. The van der Waals surface area contributed by atoms with Crippen LogP contribution >= 0.6 is 0 Å². The van der Waals surface area contributed by atoms with E-state index in [1.165, 1.54) is 37.7 Å². The Morgan fingerprint density at radius 3 is 2.52 bits per heavy atom. The van der Waals surface area contributed by atoms with E-state index in [0.717, 1.165) is 34.8 Å². The number of nitrogens with zero attached hydrogens (tertiary/aromatic N) is 6. The van der Waals surface area contributed by atoms with E-state index in [2.05, 4.69) is 74.7 Å². The van der Waals surface area contributed by atoms with Crippen LogP contribution in [0.2, 0.25) is 0 Å². The van der Waals surface area contributed by atoms with Crippen LogP contribution in [0.4, 0.5) is 0 Å². The predicted molar refractivity (Wildman–Crippen MR) is 129 cm³/mol. The molecule has 0 unspecified atom stereocenters. The van der Waals surface area contributed by atoms with E-state index in [4.69, 9.17) is 10.1 Å². The third-order valence-corrected chi connectivity index (χ3v) is 6.30. The smallest absolute Gasteiger partial charge is 0.205 e. The van der Waals surface area contributed by atoms with Crippen LogP contribution in [-0.2, 0) is 6.54 Å². The summed E-state index contributed by atoms with van der Waals surface area (Å²) in [7, 11) is 0. The molecule has 0 amide bonds. The van der Waals surface area contributed by atoms with Gasteiger partial charge in [0.25, 0.3) is 0 Å². The summed E-state index contributed by atoms with van der Waals surface area (Å²) < 4.78 is 2.05. The van der Waals surface area contributed by atoms with Gasteiger partial charge in [0.15, 0.2) is 11.6 Å². The van der Waals surface area contributed by atoms with E-state index in [-0.39, 0.29) is 0 Å². The summed E-state index contributed by atoms with van der Waals surface area (Å²) in [6.07, 6.45) is 11.6. The van der Waals surface area contributed by atoms with Gasteiger partial charge >= 0.3 is 0 Å². The largest absolute Gasteiger partial charge is 0.242 e. The number of H-pyrrole nitrogens is 1. The van der Waals surface area contributed by atoms with E-state index in [1.54, 1.807) is 0 Å². The Kier molecular flexibility index (Phi) is 6.37. The first-order valence-corrected chi connectivity index (χ1v) is 11.8. The van der Waals surface area contributed by atoms with Crippen LogP contribution in [0, 0.1) is 0 Å². The zero-order valence-electron chi connectivity index (χ0n) is 19.0. The second-order valence-corrected chi connectivity index (χ2v) is 8.61. The maximum atomic E-state index is 4.94. The first kappa shape index (κ1) is 21.2. The maximum absolute atomic E-state index is 4.94. The van der Waals surface area contributed by atoms with Crippen molar-refractivity contribution in [3.63, 3.8) is 0 Å². The molecule has 2 heterocycles. The predicted octanol–water partition coefficient (Wildman–Crippen LogP) is 5.64. The molecule has 33 heavy (non-hydrogen) atoms. The number of rotatable bonds is 7. The van der Waals surface area contributed by atoms with Crippen LogP contribution in [0.1, 0.15) is 68.6 Å². The van der Waals surface area contributed by atoms with Crippen molar-refractivity contribution in [1.82, 2.24) is 35.4 Å². The summed E-state index contributed by atoms with van der Waals surface area (Å²) in [6, 6.07) is 16.7. The Balaban J connectivity index is 1.40. The SMILES string of the molecule is CCC=Cc1nc(C2CCCCC2)nn1Cc1ccc(-c2ccccc2-c2nn[nH]n2)cc1. The summed E-state index contributed by atoms with van der Waals surface area (Å²) in [5, 5.41) is 19.5. The number of benzene rings is 2. The van der Waals surface area contributed by atoms with E-state index in [1.807, 2.05) is 18.2 Å². The minimum atomic E-state index is 0.498. The van der Waals surface area contributed by atoms with E-state index < -0.39 is 0 Å². The fraction of sp³-hybridized carbons (Fsp3) is 0.346. The van der Waals surface area contributed by atoms with Crippen LogP contribution in [0.15, 0.2) is 54.6 Å². The molecule has 0 radical (unpaired) electrons. The van der Waals surface area contributed by atoms with E-state index >= 15 is 0 Å². The number of hydrogen-bond acceptors (Lipinski definition) is 5. The highest BCUT2D eigenvalue weighted by Crippen LogP contribution is 2.32. The third kappa shape index (κ3) is 4.77. The monoisotopic (exact) mass is 439 g/mol. The highest BCUT2D eigenvalue weighted by Gasteiger charge is 2.21. The van der Waals surface area contributed by atoms with Crippen molar-refractivity contribution >= 4 is 6.08 Å². The van der Waals surface area contributed by atoms with Gasteiger partial charge in [-0.1, -0.05) is 80.8 Å². The van der Waals surface area contributed by atoms with Gasteiger partial charge in [0.1, 0.15) is 0 Å². The number of hydrogen-bond donors (Lipinski definition) is 1. The second-order valence-electron chi connectivity index (χ2n) is 8.61. The minimum Gasteiger partial charge on any atom is -0.242 e. The Morgan fingerprint density at radius 1 is 1.00 bits per heavy atom. The molecule has 0 bridgehead atoms. The summed E-state index contributed by atoms with van der Waals surface area (Å²) in [6.45, 7) is 2.85. The van der Waals surface area contributed by atoms with Gasteiger partial charge < -0.3 is 0 Å².